The molecule has 0 bridgehead atoms. The summed E-state index contributed by atoms with van der Waals surface area (Å²) in [6.07, 6.45) is 1.63. The van der Waals surface area contributed by atoms with Gasteiger partial charge in [0.05, 0.1) is 6.61 Å². The Morgan fingerprint density at radius 3 is 2.53 bits per heavy atom. The second-order valence-corrected chi connectivity index (χ2v) is 3.56. The van der Waals surface area contributed by atoms with Crippen LogP contribution in [0.5, 0.6) is 5.75 Å². The summed E-state index contributed by atoms with van der Waals surface area (Å²) in [5.74, 6) is -0.933. The van der Waals surface area contributed by atoms with Crippen molar-refractivity contribution in [3.8, 4) is 5.75 Å². The van der Waals surface area contributed by atoms with E-state index in [1.165, 1.54) is 0 Å². The van der Waals surface area contributed by atoms with Crippen LogP contribution < -0.4 is 15.4 Å². The van der Waals surface area contributed by atoms with Gasteiger partial charge in [-0.15, -0.1) is 0 Å². The zero-order chi connectivity index (χ0) is 14.1. The van der Waals surface area contributed by atoms with Crippen molar-refractivity contribution >= 4 is 17.5 Å². The van der Waals surface area contributed by atoms with Crippen LogP contribution in [0.25, 0.3) is 0 Å². The van der Waals surface area contributed by atoms with Gasteiger partial charge in [-0.3, -0.25) is 9.59 Å². The highest BCUT2D eigenvalue weighted by molar-refractivity contribution is 6.39. The minimum atomic E-state index is -0.791. The summed E-state index contributed by atoms with van der Waals surface area (Å²) in [6.45, 7) is 3.76. The number of carbonyl (C=O) groups excluding carboxylic acids is 2. The van der Waals surface area contributed by atoms with Crippen LogP contribution in [-0.2, 0) is 9.59 Å². The SMILES string of the molecule is C=CCOc1ccc(NC(=O)C(=O)NCCO)cc1. The largest absolute Gasteiger partial charge is 0.490 e. The molecule has 6 nitrogen and oxygen atoms in total. The van der Waals surface area contributed by atoms with Crippen LogP contribution in [0.15, 0.2) is 36.9 Å². The lowest BCUT2D eigenvalue weighted by Gasteiger charge is -2.07. The molecule has 1 aromatic rings. The molecule has 0 saturated carbocycles. The molecule has 1 rings (SSSR count). The first-order chi connectivity index (χ1) is 9.17. The van der Waals surface area contributed by atoms with E-state index in [-0.39, 0.29) is 13.2 Å². The zero-order valence-electron chi connectivity index (χ0n) is 10.4. The standard InChI is InChI=1S/C13H16N2O4/c1-2-9-19-11-5-3-10(4-6-11)15-13(18)12(17)14-7-8-16/h2-6,16H,1,7-9H2,(H,14,17)(H,15,18). The Balaban J connectivity index is 2.50. The van der Waals surface area contributed by atoms with Gasteiger partial charge >= 0.3 is 11.8 Å². The lowest BCUT2D eigenvalue weighted by atomic mass is 10.3. The van der Waals surface area contributed by atoms with Gasteiger partial charge in [0.2, 0.25) is 0 Å². The van der Waals surface area contributed by atoms with E-state index in [2.05, 4.69) is 17.2 Å². The Labute approximate surface area is 111 Å². The van der Waals surface area contributed by atoms with Crippen LogP contribution in [0.1, 0.15) is 0 Å². The Kier molecular flexibility index (Phi) is 6.11. The van der Waals surface area contributed by atoms with Gasteiger partial charge in [0.1, 0.15) is 12.4 Å². The van der Waals surface area contributed by atoms with E-state index in [4.69, 9.17) is 9.84 Å². The first kappa shape index (κ1) is 14.7. The molecule has 0 atom stereocenters. The molecule has 0 aliphatic carbocycles. The molecule has 0 unspecified atom stereocenters. The molecule has 6 heteroatoms. The molecule has 0 aliphatic rings. The van der Waals surface area contributed by atoms with E-state index in [0.717, 1.165) is 0 Å². The Morgan fingerprint density at radius 2 is 1.95 bits per heavy atom. The highest BCUT2D eigenvalue weighted by atomic mass is 16.5. The van der Waals surface area contributed by atoms with Crippen molar-refractivity contribution in [1.82, 2.24) is 5.32 Å². The minimum Gasteiger partial charge on any atom is -0.490 e. The molecule has 19 heavy (non-hydrogen) atoms. The lowest BCUT2D eigenvalue weighted by Crippen LogP contribution is -2.36. The molecule has 0 aromatic heterocycles. The molecule has 2 amide bonds. The lowest BCUT2D eigenvalue weighted by molar-refractivity contribution is -0.136. The topological polar surface area (TPSA) is 87.7 Å². The second-order valence-electron chi connectivity index (χ2n) is 3.56. The maximum Gasteiger partial charge on any atom is 0.313 e. The molecular weight excluding hydrogens is 248 g/mol. The third-order valence-electron chi connectivity index (χ3n) is 2.08. The average Bonchev–Trinajstić information content (AvgIpc) is 2.43. The number of nitrogens with one attached hydrogen (secondary N) is 2. The first-order valence-corrected chi connectivity index (χ1v) is 5.71. The highest BCUT2D eigenvalue weighted by Gasteiger charge is 2.12. The molecule has 0 aliphatic heterocycles. The molecule has 102 valence electrons. The van der Waals surface area contributed by atoms with Gasteiger partial charge < -0.3 is 20.5 Å². The number of aliphatic hydroxyl groups excluding tert-OH is 1. The van der Waals surface area contributed by atoms with Crippen LogP contribution in [0, 0.1) is 0 Å². The van der Waals surface area contributed by atoms with Gasteiger partial charge in [-0.05, 0) is 24.3 Å². The number of aliphatic hydroxyl groups is 1. The third-order valence-corrected chi connectivity index (χ3v) is 2.08. The van der Waals surface area contributed by atoms with Crippen molar-refractivity contribution in [2.75, 3.05) is 25.1 Å². The van der Waals surface area contributed by atoms with E-state index in [1.807, 2.05) is 0 Å². The number of hydrogen-bond donors (Lipinski definition) is 3. The van der Waals surface area contributed by atoms with Gasteiger partial charge in [-0.2, -0.15) is 0 Å². The van der Waals surface area contributed by atoms with Gasteiger partial charge in [0.25, 0.3) is 0 Å². The summed E-state index contributed by atoms with van der Waals surface area (Å²) >= 11 is 0. The molecule has 1 aromatic carbocycles. The van der Waals surface area contributed by atoms with Gasteiger partial charge in [-0.25, -0.2) is 0 Å². The van der Waals surface area contributed by atoms with Crippen LogP contribution in [0.2, 0.25) is 0 Å². The van der Waals surface area contributed by atoms with Gasteiger partial charge in [0.15, 0.2) is 0 Å². The van der Waals surface area contributed by atoms with Crippen molar-refractivity contribution < 1.29 is 19.4 Å². The summed E-state index contributed by atoms with van der Waals surface area (Å²) in [5, 5.41) is 13.2. The third kappa shape index (κ3) is 5.22. The van der Waals surface area contributed by atoms with Crippen LogP contribution in [0.3, 0.4) is 0 Å². The van der Waals surface area contributed by atoms with Gasteiger partial charge in [-0.1, -0.05) is 12.7 Å². The van der Waals surface area contributed by atoms with E-state index in [1.54, 1.807) is 30.3 Å². The number of anilines is 1. The van der Waals surface area contributed by atoms with Crippen LogP contribution >= 0.6 is 0 Å². The number of benzene rings is 1. The smallest absolute Gasteiger partial charge is 0.313 e. The maximum absolute atomic E-state index is 11.4. The normalized spacial score (nSPS) is 9.53. The first-order valence-electron chi connectivity index (χ1n) is 5.71. The number of hydrogen-bond acceptors (Lipinski definition) is 4. The predicted octanol–water partition coefficient (Wildman–Crippen LogP) is 0.298. The highest BCUT2D eigenvalue weighted by Crippen LogP contribution is 2.15. The fourth-order valence-electron chi connectivity index (χ4n) is 1.23. The number of amides is 2. The van der Waals surface area contributed by atoms with Crippen molar-refractivity contribution in [2.45, 2.75) is 0 Å². The van der Waals surface area contributed by atoms with E-state index < -0.39 is 11.8 Å². The van der Waals surface area contributed by atoms with E-state index >= 15 is 0 Å². The van der Waals surface area contributed by atoms with Crippen molar-refractivity contribution in [2.24, 2.45) is 0 Å². The molecule has 3 N–H and O–H groups in total. The quantitative estimate of drug-likeness (QED) is 0.509. The Morgan fingerprint density at radius 1 is 1.26 bits per heavy atom. The van der Waals surface area contributed by atoms with Crippen molar-refractivity contribution in [3.63, 3.8) is 0 Å². The summed E-state index contributed by atoms with van der Waals surface area (Å²) in [7, 11) is 0. The predicted molar refractivity (Wildman–Crippen MR) is 70.9 cm³/mol. The Bertz CT molecular complexity index is 442. The summed E-state index contributed by atoms with van der Waals surface area (Å²) in [5.41, 5.74) is 0.482. The number of ether oxygens (including phenoxy) is 1. The van der Waals surface area contributed by atoms with Crippen LogP contribution in [0.4, 0.5) is 5.69 Å². The summed E-state index contributed by atoms with van der Waals surface area (Å²) in [4.78, 5) is 22.7. The maximum atomic E-state index is 11.4. The van der Waals surface area contributed by atoms with Gasteiger partial charge in [0, 0.05) is 12.2 Å². The van der Waals surface area contributed by atoms with E-state index in [0.29, 0.717) is 18.0 Å². The molecule has 0 radical (unpaired) electrons. The number of rotatable bonds is 6. The molecular formula is C13H16N2O4. The molecule has 0 spiro atoms. The van der Waals surface area contributed by atoms with Crippen LogP contribution in [-0.4, -0.2) is 36.7 Å². The Hall–Kier alpha value is -2.34. The minimum absolute atomic E-state index is 0.0422. The second kappa shape index (κ2) is 7.88. The fraction of sp³-hybridized carbons (Fsp3) is 0.231. The fourth-order valence-corrected chi connectivity index (χ4v) is 1.23. The average molecular weight is 264 g/mol. The summed E-state index contributed by atoms with van der Waals surface area (Å²) < 4.78 is 5.28. The molecule has 0 heterocycles. The van der Waals surface area contributed by atoms with E-state index in [9.17, 15) is 9.59 Å². The monoisotopic (exact) mass is 264 g/mol. The van der Waals surface area contributed by atoms with Crippen molar-refractivity contribution in [1.29, 1.82) is 0 Å². The number of carbonyl (C=O) groups is 2. The zero-order valence-corrected chi connectivity index (χ0v) is 10.4. The molecule has 0 fully saturated rings. The summed E-state index contributed by atoms with van der Waals surface area (Å²) in [6, 6.07) is 6.58. The van der Waals surface area contributed by atoms with Crippen molar-refractivity contribution in [3.05, 3.63) is 36.9 Å². The molecule has 0 saturated heterocycles.